The fraction of sp³-hybridized carbons (Fsp3) is 0.0690. The molecule has 0 aromatic heterocycles. The molecule has 0 saturated carbocycles. The van der Waals surface area contributed by atoms with Crippen LogP contribution in [0.4, 0.5) is 0 Å². The first-order valence-electron chi connectivity index (χ1n) is 11.2. The van der Waals surface area contributed by atoms with Gasteiger partial charge in [-0.2, -0.15) is 5.10 Å². The van der Waals surface area contributed by atoms with Gasteiger partial charge in [0.2, 0.25) is 0 Å². The van der Waals surface area contributed by atoms with Crippen molar-refractivity contribution in [3.8, 4) is 11.5 Å². The fourth-order valence-electron chi connectivity index (χ4n) is 3.66. The van der Waals surface area contributed by atoms with Crippen LogP contribution in [-0.2, 0) is 10.4 Å². The Hall–Kier alpha value is -4.46. The predicted molar refractivity (Wildman–Crippen MR) is 141 cm³/mol. The average molecular weight is 515 g/mol. The van der Waals surface area contributed by atoms with Crippen LogP contribution in [0.25, 0.3) is 0 Å². The van der Waals surface area contributed by atoms with Crippen molar-refractivity contribution in [2.45, 2.75) is 5.60 Å². The second-order valence-corrected chi connectivity index (χ2v) is 8.33. The van der Waals surface area contributed by atoms with Gasteiger partial charge in [0.15, 0.2) is 17.1 Å². The lowest BCUT2D eigenvalue weighted by Gasteiger charge is -2.27. The quantitative estimate of drug-likeness (QED) is 0.150. The van der Waals surface area contributed by atoms with Crippen LogP contribution < -0.4 is 14.9 Å². The van der Waals surface area contributed by atoms with Crippen LogP contribution in [0.5, 0.6) is 11.5 Å². The van der Waals surface area contributed by atoms with Gasteiger partial charge in [-0.25, -0.2) is 10.2 Å². The third-order valence-corrected chi connectivity index (χ3v) is 5.91. The number of rotatable bonds is 8. The Morgan fingerprint density at radius 3 is 2.05 bits per heavy atom. The van der Waals surface area contributed by atoms with E-state index in [1.807, 2.05) is 0 Å². The third-order valence-electron chi connectivity index (χ3n) is 5.58. The lowest BCUT2D eigenvalue weighted by molar-refractivity contribution is -0.136. The van der Waals surface area contributed by atoms with E-state index in [1.54, 1.807) is 103 Å². The van der Waals surface area contributed by atoms with Crippen LogP contribution >= 0.6 is 11.6 Å². The fourth-order valence-corrected chi connectivity index (χ4v) is 3.88. The molecule has 7 nitrogen and oxygen atoms in total. The molecule has 2 N–H and O–H groups in total. The zero-order valence-electron chi connectivity index (χ0n) is 19.8. The maximum absolute atomic E-state index is 13.1. The Morgan fingerprint density at radius 1 is 0.865 bits per heavy atom. The van der Waals surface area contributed by atoms with E-state index in [0.717, 1.165) is 0 Å². The Labute approximate surface area is 218 Å². The van der Waals surface area contributed by atoms with Gasteiger partial charge in [-0.3, -0.25) is 4.79 Å². The van der Waals surface area contributed by atoms with Crippen molar-refractivity contribution in [2.24, 2.45) is 5.10 Å². The summed E-state index contributed by atoms with van der Waals surface area (Å²) in [5.74, 6) is -0.881. The van der Waals surface area contributed by atoms with Gasteiger partial charge in [-0.05, 0) is 47.0 Å². The number of halogens is 1. The molecule has 4 aromatic rings. The molecule has 8 heteroatoms. The molecule has 0 spiro atoms. The first kappa shape index (κ1) is 25.6. The number of esters is 1. The Morgan fingerprint density at radius 2 is 1.46 bits per heavy atom. The van der Waals surface area contributed by atoms with E-state index in [2.05, 4.69) is 10.5 Å². The van der Waals surface area contributed by atoms with Crippen LogP contribution in [-0.4, -0.2) is 30.3 Å². The standard InChI is InChI=1S/C29H23ClN2O5/c1-36-26-18-20(16-17-25(26)37-27(33)23-14-8-9-15-24(23)30)19-31-32-28(34)29(35,21-10-4-2-5-11-21)22-12-6-3-7-13-22/h2-19,35H,1H3,(H,32,34)/b31-19+. The zero-order valence-corrected chi connectivity index (χ0v) is 20.6. The lowest BCUT2D eigenvalue weighted by Crippen LogP contribution is -2.43. The van der Waals surface area contributed by atoms with Gasteiger partial charge in [-0.15, -0.1) is 0 Å². The number of aliphatic hydroxyl groups is 1. The van der Waals surface area contributed by atoms with Crippen molar-refractivity contribution in [2.75, 3.05) is 7.11 Å². The Kier molecular flexibility index (Phi) is 7.98. The van der Waals surface area contributed by atoms with Crippen molar-refractivity contribution in [1.29, 1.82) is 0 Å². The molecule has 186 valence electrons. The molecule has 0 aliphatic heterocycles. The summed E-state index contributed by atoms with van der Waals surface area (Å²) in [6.07, 6.45) is 1.39. The molecule has 0 radical (unpaired) electrons. The van der Waals surface area contributed by atoms with Crippen molar-refractivity contribution < 1.29 is 24.2 Å². The van der Waals surface area contributed by atoms with Crippen LogP contribution in [0.15, 0.2) is 108 Å². The molecular weight excluding hydrogens is 492 g/mol. The second kappa shape index (κ2) is 11.5. The number of amides is 1. The number of carbonyl (C=O) groups is 2. The van der Waals surface area contributed by atoms with Gasteiger partial charge in [-0.1, -0.05) is 84.4 Å². The molecule has 0 aliphatic rings. The van der Waals surface area contributed by atoms with Gasteiger partial charge < -0.3 is 14.6 Å². The van der Waals surface area contributed by atoms with Crippen LogP contribution in [0, 0.1) is 0 Å². The van der Waals surface area contributed by atoms with Crippen molar-refractivity contribution in [3.05, 3.63) is 130 Å². The maximum Gasteiger partial charge on any atom is 0.345 e. The number of nitrogens with one attached hydrogen (secondary N) is 1. The summed E-state index contributed by atoms with van der Waals surface area (Å²) >= 11 is 6.08. The number of hydrogen-bond donors (Lipinski definition) is 2. The molecule has 4 aromatic carbocycles. The lowest BCUT2D eigenvalue weighted by atomic mass is 9.85. The smallest absolute Gasteiger partial charge is 0.345 e. The average Bonchev–Trinajstić information content (AvgIpc) is 2.94. The summed E-state index contributed by atoms with van der Waals surface area (Å²) in [5, 5.41) is 15.8. The third kappa shape index (κ3) is 5.69. The minimum Gasteiger partial charge on any atom is -0.493 e. The predicted octanol–water partition coefficient (Wildman–Crippen LogP) is 4.95. The van der Waals surface area contributed by atoms with Crippen molar-refractivity contribution in [3.63, 3.8) is 0 Å². The number of carbonyl (C=O) groups excluding carboxylic acids is 2. The van der Waals surface area contributed by atoms with Crippen LogP contribution in [0.2, 0.25) is 5.02 Å². The molecule has 4 rings (SSSR count). The monoisotopic (exact) mass is 514 g/mol. The Balaban J connectivity index is 1.51. The minimum absolute atomic E-state index is 0.191. The normalized spacial score (nSPS) is 11.2. The van der Waals surface area contributed by atoms with E-state index in [-0.39, 0.29) is 22.1 Å². The zero-order chi connectivity index (χ0) is 26.3. The number of benzene rings is 4. The molecule has 0 unspecified atom stereocenters. The molecule has 0 saturated heterocycles. The van der Waals surface area contributed by atoms with Gasteiger partial charge >= 0.3 is 5.97 Å². The number of ether oxygens (including phenoxy) is 2. The first-order chi connectivity index (χ1) is 17.9. The van der Waals surface area contributed by atoms with Crippen molar-refractivity contribution >= 4 is 29.7 Å². The highest BCUT2D eigenvalue weighted by atomic mass is 35.5. The summed E-state index contributed by atoms with van der Waals surface area (Å²) in [6.45, 7) is 0. The molecule has 0 fully saturated rings. The van der Waals surface area contributed by atoms with E-state index in [9.17, 15) is 14.7 Å². The number of hydrogen-bond acceptors (Lipinski definition) is 6. The molecule has 0 heterocycles. The summed E-state index contributed by atoms with van der Waals surface area (Å²) in [5.41, 5.74) is 2.06. The van der Waals surface area contributed by atoms with E-state index in [1.165, 1.54) is 13.3 Å². The van der Waals surface area contributed by atoms with E-state index < -0.39 is 17.5 Å². The molecule has 37 heavy (non-hydrogen) atoms. The highest BCUT2D eigenvalue weighted by Crippen LogP contribution is 2.31. The van der Waals surface area contributed by atoms with Crippen LogP contribution in [0.1, 0.15) is 27.0 Å². The summed E-state index contributed by atoms with van der Waals surface area (Å²) < 4.78 is 10.8. The summed E-state index contributed by atoms with van der Waals surface area (Å²) in [4.78, 5) is 25.7. The molecular formula is C29H23ClN2O5. The largest absolute Gasteiger partial charge is 0.493 e. The highest BCUT2D eigenvalue weighted by Gasteiger charge is 2.39. The highest BCUT2D eigenvalue weighted by molar-refractivity contribution is 6.33. The SMILES string of the molecule is COc1cc(/C=N/NC(=O)C(O)(c2ccccc2)c2ccccc2)ccc1OC(=O)c1ccccc1Cl. The first-order valence-corrected chi connectivity index (χ1v) is 11.6. The van der Waals surface area contributed by atoms with E-state index in [0.29, 0.717) is 16.7 Å². The van der Waals surface area contributed by atoms with E-state index in [4.69, 9.17) is 21.1 Å². The summed E-state index contributed by atoms with van der Waals surface area (Å²) in [6, 6.07) is 28.6. The number of hydrazone groups is 1. The van der Waals surface area contributed by atoms with Gasteiger partial charge in [0.1, 0.15) is 0 Å². The van der Waals surface area contributed by atoms with Gasteiger partial charge in [0.25, 0.3) is 5.91 Å². The number of methoxy groups -OCH3 is 1. The topological polar surface area (TPSA) is 97.2 Å². The second-order valence-electron chi connectivity index (χ2n) is 7.92. The number of nitrogens with zero attached hydrogens (tertiary/aromatic N) is 1. The molecule has 0 aliphatic carbocycles. The molecule has 0 bridgehead atoms. The van der Waals surface area contributed by atoms with Gasteiger partial charge in [0.05, 0.1) is 23.9 Å². The van der Waals surface area contributed by atoms with E-state index >= 15 is 0 Å². The van der Waals surface area contributed by atoms with Crippen molar-refractivity contribution in [1.82, 2.24) is 5.43 Å². The van der Waals surface area contributed by atoms with Crippen LogP contribution in [0.3, 0.4) is 0 Å². The molecule has 0 atom stereocenters. The van der Waals surface area contributed by atoms with Gasteiger partial charge in [0, 0.05) is 0 Å². The minimum atomic E-state index is -1.95. The Bertz CT molecular complexity index is 1390. The maximum atomic E-state index is 13.1. The molecule has 1 amide bonds. The summed E-state index contributed by atoms with van der Waals surface area (Å²) in [7, 11) is 1.44.